The molecule has 1 aromatic rings. The molecule has 0 aromatic carbocycles. The van der Waals surface area contributed by atoms with Gasteiger partial charge in [-0.1, -0.05) is 19.4 Å². The van der Waals surface area contributed by atoms with Gasteiger partial charge in [-0.05, 0) is 34.7 Å². The van der Waals surface area contributed by atoms with E-state index in [4.69, 9.17) is 11.1 Å². The van der Waals surface area contributed by atoms with Gasteiger partial charge in [-0.3, -0.25) is 9.80 Å². The van der Waals surface area contributed by atoms with Crippen LogP contribution in [0.3, 0.4) is 0 Å². The third kappa shape index (κ3) is 3.72. The molecule has 0 spiro atoms. The Hall–Kier alpha value is -2.10. The highest BCUT2D eigenvalue weighted by atomic mass is 32.1. The number of rotatable bonds is 6. The maximum atomic E-state index is 12.1. The monoisotopic (exact) mass is 303 g/mol. The Labute approximate surface area is 127 Å². The molecular weight excluding hydrogens is 286 g/mol. The van der Waals surface area contributed by atoms with Crippen molar-refractivity contribution in [3.05, 3.63) is 40.3 Å². The van der Waals surface area contributed by atoms with Crippen molar-refractivity contribution in [2.24, 2.45) is 11.8 Å². The van der Waals surface area contributed by atoms with Gasteiger partial charge in [-0.25, -0.2) is 5.84 Å². The van der Waals surface area contributed by atoms with E-state index in [1.807, 2.05) is 5.38 Å². The lowest BCUT2D eigenvalue weighted by Gasteiger charge is -2.16. The number of hydrogen-bond donors (Lipinski definition) is 2. The first-order valence-corrected chi connectivity index (χ1v) is 7.60. The molecule has 0 unspecified atom stereocenters. The molecule has 0 atom stereocenters. The highest BCUT2D eigenvalue weighted by Crippen LogP contribution is 2.32. The first-order chi connectivity index (χ1) is 10.0. The zero-order valence-corrected chi connectivity index (χ0v) is 12.4. The Morgan fingerprint density at radius 3 is 2.86 bits per heavy atom. The number of nitrogens with zero attached hydrogens (tertiary/aromatic N) is 2. The molecule has 0 bridgehead atoms. The van der Waals surface area contributed by atoms with Gasteiger partial charge < -0.3 is 5.11 Å². The molecule has 5 nitrogen and oxygen atoms in total. The summed E-state index contributed by atoms with van der Waals surface area (Å²) in [6.07, 6.45) is 3.17. The molecular formula is C15H17N3O2S. The molecule has 2 rings (SSSR count). The van der Waals surface area contributed by atoms with E-state index in [2.05, 4.69) is 6.58 Å². The molecule has 1 fully saturated rings. The summed E-state index contributed by atoms with van der Waals surface area (Å²) in [6.45, 7) is 4.11. The Kier molecular flexibility index (Phi) is 4.78. The minimum absolute atomic E-state index is 0.247. The predicted octanol–water partition coefficient (Wildman–Crippen LogP) is 2.60. The quantitative estimate of drug-likeness (QED) is 0.161. The molecule has 0 radical (unpaired) electrons. The maximum absolute atomic E-state index is 12.1. The van der Waals surface area contributed by atoms with Crippen LogP contribution in [-0.2, 0) is 4.79 Å². The van der Waals surface area contributed by atoms with Crippen molar-refractivity contribution in [1.29, 1.82) is 5.26 Å². The van der Waals surface area contributed by atoms with E-state index < -0.39 is 11.7 Å². The largest absolute Gasteiger partial charge is 0.506 e. The van der Waals surface area contributed by atoms with Crippen LogP contribution in [-0.4, -0.2) is 22.6 Å². The Morgan fingerprint density at radius 2 is 2.33 bits per heavy atom. The summed E-state index contributed by atoms with van der Waals surface area (Å²) >= 11 is 1.44. The van der Waals surface area contributed by atoms with Crippen LogP contribution < -0.4 is 5.84 Å². The number of nitrogens with two attached hydrogens (primary N) is 1. The first-order valence-electron chi connectivity index (χ1n) is 6.66. The van der Waals surface area contributed by atoms with E-state index in [9.17, 15) is 9.90 Å². The van der Waals surface area contributed by atoms with Crippen molar-refractivity contribution in [1.82, 2.24) is 5.01 Å². The molecule has 1 amide bonds. The van der Waals surface area contributed by atoms with Crippen LogP contribution in [0.25, 0.3) is 5.57 Å². The third-order valence-electron chi connectivity index (χ3n) is 3.45. The molecule has 1 aliphatic carbocycles. The fourth-order valence-corrected chi connectivity index (χ4v) is 2.57. The van der Waals surface area contributed by atoms with Gasteiger partial charge in [0, 0.05) is 12.1 Å². The molecule has 1 aromatic heterocycles. The van der Waals surface area contributed by atoms with Crippen LogP contribution in [0.4, 0.5) is 0 Å². The van der Waals surface area contributed by atoms with Gasteiger partial charge >= 0.3 is 0 Å². The average molecular weight is 303 g/mol. The zero-order valence-electron chi connectivity index (χ0n) is 11.6. The molecule has 1 heterocycles. The normalized spacial score (nSPS) is 15.0. The standard InChI is InChI=1S/C15H17N3O2S/c1-10(12-5-7-21-9-12)14(19)13(8-16)15(20)18(17)6-4-11-2-3-11/h5,7,9,11,19H,1-4,6,17H2/b14-13+. The molecule has 110 valence electrons. The third-order valence-corrected chi connectivity index (χ3v) is 4.14. The average Bonchev–Trinajstić information content (AvgIpc) is 3.15. The molecule has 1 aliphatic rings. The molecule has 1 saturated carbocycles. The second kappa shape index (κ2) is 6.57. The van der Waals surface area contributed by atoms with Crippen molar-refractivity contribution < 1.29 is 9.90 Å². The lowest BCUT2D eigenvalue weighted by molar-refractivity contribution is -0.127. The van der Waals surface area contributed by atoms with Gasteiger partial charge in [0.15, 0.2) is 5.57 Å². The number of allylic oxidation sites excluding steroid dienone is 1. The number of aliphatic hydroxyl groups excluding tert-OH is 1. The van der Waals surface area contributed by atoms with E-state index in [1.165, 1.54) is 24.2 Å². The summed E-state index contributed by atoms with van der Waals surface area (Å²) in [5.74, 6) is 5.23. The van der Waals surface area contributed by atoms with Gasteiger partial charge in [-0.15, -0.1) is 0 Å². The van der Waals surface area contributed by atoms with Crippen LogP contribution in [0.15, 0.2) is 34.7 Å². The second-order valence-electron chi connectivity index (χ2n) is 5.06. The molecule has 21 heavy (non-hydrogen) atoms. The lowest BCUT2D eigenvalue weighted by Crippen LogP contribution is -2.39. The second-order valence-corrected chi connectivity index (χ2v) is 5.84. The molecule has 0 aliphatic heterocycles. The number of aliphatic hydroxyl groups is 1. The van der Waals surface area contributed by atoms with Crippen LogP contribution >= 0.6 is 11.3 Å². The number of hydrazine groups is 1. The van der Waals surface area contributed by atoms with Crippen molar-refractivity contribution in [3.8, 4) is 6.07 Å². The first kappa shape index (κ1) is 15.3. The molecule has 6 heteroatoms. The number of carbonyl (C=O) groups excluding carboxylic acids is 1. The van der Waals surface area contributed by atoms with E-state index >= 15 is 0 Å². The van der Waals surface area contributed by atoms with Crippen LogP contribution in [0.5, 0.6) is 0 Å². The zero-order chi connectivity index (χ0) is 15.4. The Balaban J connectivity index is 2.12. The van der Waals surface area contributed by atoms with E-state index in [0.29, 0.717) is 18.0 Å². The Bertz CT molecular complexity index is 609. The van der Waals surface area contributed by atoms with Crippen molar-refractivity contribution in [2.75, 3.05) is 6.54 Å². The topological polar surface area (TPSA) is 90.3 Å². The van der Waals surface area contributed by atoms with Crippen molar-refractivity contribution in [3.63, 3.8) is 0 Å². The minimum atomic E-state index is -0.674. The number of carbonyl (C=O) groups is 1. The molecule has 0 saturated heterocycles. The van der Waals surface area contributed by atoms with Gasteiger partial charge in [0.05, 0.1) is 0 Å². The van der Waals surface area contributed by atoms with Gasteiger partial charge in [0.25, 0.3) is 5.91 Å². The summed E-state index contributed by atoms with van der Waals surface area (Å²) in [7, 11) is 0. The van der Waals surface area contributed by atoms with Crippen molar-refractivity contribution in [2.45, 2.75) is 19.3 Å². The summed E-state index contributed by atoms with van der Waals surface area (Å²) in [6, 6.07) is 3.49. The number of hydrogen-bond acceptors (Lipinski definition) is 5. The van der Waals surface area contributed by atoms with E-state index in [1.54, 1.807) is 17.5 Å². The summed E-state index contributed by atoms with van der Waals surface area (Å²) < 4.78 is 0. The SMILES string of the molecule is C=C(/C(O)=C(/C#N)C(=O)N(N)CCC1CC1)c1ccsc1. The smallest absolute Gasteiger partial charge is 0.282 e. The fraction of sp³-hybridized carbons (Fsp3) is 0.333. The number of nitriles is 1. The summed E-state index contributed by atoms with van der Waals surface area (Å²) in [5, 5.41) is 23.9. The van der Waals surface area contributed by atoms with Gasteiger partial charge in [0.1, 0.15) is 11.8 Å². The van der Waals surface area contributed by atoms with Crippen molar-refractivity contribution >= 4 is 22.8 Å². The van der Waals surface area contributed by atoms with E-state index in [0.717, 1.165) is 11.4 Å². The Morgan fingerprint density at radius 1 is 1.62 bits per heavy atom. The minimum Gasteiger partial charge on any atom is -0.506 e. The highest BCUT2D eigenvalue weighted by molar-refractivity contribution is 7.08. The van der Waals surface area contributed by atoms with Crippen LogP contribution in [0.1, 0.15) is 24.8 Å². The number of amides is 1. The summed E-state index contributed by atoms with van der Waals surface area (Å²) in [4.78, 5) is 12.1. The van der Waals surface area contributed by atoms with Gasteiger partial charge in [0.2, 0.25) is 0 Å². The predicted molar refractivity (Wildman–Crippen MR) is 81.9 cm³/mol. The van der Waals surface area contributed by atoms with Crippen LogP contribution in [0, 0.1) is 17.2 Å². The fourth-order valence-electron chi connectivity index (χ4n) is 1.90. The number of thiophene rings is 1. The molecule has 3 N–H and O–H groups in total. The summed E-state index contributed by atoms with van der Waals surface area (Å²) in [5.41, 5.74) is 0.556. The lowest BCUT2D eigenvalue weighted by atomic mass is 10.1. The highest BCUT2D eigenvalue weighted by Gasteiger charge is 2.25. The van der Waals surface area contributed by atoms with E-state index in [-0.39, 0.29) is 11.1 Å². The maximum Gasteiger partial charge on any atom is 0.282 e. The van der Waals surface area contributed by atoms with Gasteiger partial charge in [-0.2, -0.15) is 16.6 Å². The van der Waals surface area contributed by atoms with Crippen LogP contribution in [0.2, 0.25) is 0 Å².